The maximum absolute atomic E-state index is 6.62. The number of rotatable bonds is 3. The first kappa shape index (κ1) is 31.4. The first-order valence-electron chi connectivity index (χ1n) is 19.6. The molecule has 0 atom stereocenters. The van der Waals surface area contributed by atoms with Crippen LogP contribution in [-0.2, 0) is 5.41 Å². The third-order valence-electron chi connectivity index (χ3n) is 12.7. The van der Waals surface area contributed by atoms with Crippen LogP contribution in [-0.4, -0.2) is 0 Å². The van der Waals surface area contributed by atoms with Gasteiger partial charge in [-0.1, -0.05) is 178 Å². The van der Waals surface area contributed by atoms with Gasteiger partial charge in [0.25, 0.3) is 0 Å². The Morgan fingerprint density at radius 1 is 0.339 bits per heavy atom. The van der Waals surface area contributed by atoms with E-state index in [1.165, 1.54) is 109 Å². The molecule has 56 heavy (non-hydrogen) atoms. The molecule has 0 saturated carbocycles. The van der Waals surface area contributed by atoms with Crippen LogP contribution in [0.3, 0.4) is 0 Å². The first-order valence-corrected chi connectivity index (χ1v) is 19.6. The summed E-state index contributed by atoms with van der Waals surface area (Å²) < 4.78 is 6.62. The van der Waals surface area contributed by atoms with Crippen molar-refractivity contribution in [3.8, 4) is 44.5 Å². The maximum Gasteiger partial charge on any atom is 0.136 e. The summed E-state index contributed by atoms with van der Waals surface area (Å²) in [4.78, 5) is 0. The molecule has 1 heteroatoms. The summed E-state index contributed by atoms with van der Waals surface area (Å²) in [6, 6.07) is 67.1. The minimum atomic E-state index is -0.0656. The Bertz CT molecular complexity index is 3370. The van der Waals surface area contributed by atoms with Crippen LogP contribution in [0.5, 0.6) is 0 Å². The van der Waals surface area contributed by atoms with Gasteiger partial charge in [0.1, 0.15) is 11.2 Å². The van der Waals surface area contributed by atoms with Gasteiger partial charge < -0.3 is 4.42 Å². The van der Waals surface area contributed by atoms with Gasteiger partial charge >= 0.3 is 0 Å². The van der Waals surface area contributed by atoms with Crippen LogP contribution in [0.15, 0.2) is 186 Å². The van der Waals surface area contributed by atoms with Gasteiger partial charge in [-0.2, -0.15) is 0 Å². The summed E-state index contributed by atoms with van der Waals surface area (Å²) in [5.74, 6) is 0. The minimum absolute atomic E-state index is 0.0656. The lowest BCUT2D eigenvalue weighted by atomic mass is 9.80. The first-order chi connectivity index (χ1) is 27.5. The second-order valence-corrected chi connectivity index (χ2v) is 16.0. The Balaban J connectivity index is 1.03. The molecule has 0 amide bonds. The predicted molar refractivity (Wildman–Crippen MR) is 238 cm³/mol. The van der Waals surface area contributed by atoms with E-state index in [0.717, 1.165) is 11.2 Å². The van der Waals surface area contributed by atoms with Gasteiger partial charge in [0.15, 0.2) is 0 Å². The SMILES string of the molecule is CC1(C)c2ccccc2-c2ccc(-c3c4ccccc4c(-c4ccc(-c5cc6oc7ccc8ccccc8c7c6c6ccccc56)cc4)c4ccccc34)cc21. The highest BCUT2D eigenvalue weighted by atomic mass is 16.3. The molecule has 0 N–H and O–H groups in total. The van der Waals surface area contributed by atoms with Crippen molar-refractivity contribution in [1.82, 2.24) is 0 Å². The fourth-order valence-corrected chi connectivity index (χ4v) is 10.1. The van der Waals surface area contributed by atoms with Crippen LogP contribution in [0.1, 0.15) is 25.0 Å². The lowest BCUT2D eigenvalue weighted by molar-refractivity contribution is 0.660. The van der Waals surface area contributed by atoms with Crippen molar-refractivity contribution < 1.29 is 4.42 Å². The molecule has 0 saturated heterocycles. The van der Waals surface area contributed by atoms with Crippen LogP contribution >= 0.6 is 0 Å². The number of fused-ring (bicyclic) bond motifs is 12. The van der Waals surface area contributed by atoms with Crippen molar-refractivity contribution >= 4 is 65.0 Å². The summed E-state index contributed by atoms with van der Waals surface area (Å²) in [7, 11) is 0. The molecule has 0 fully saturated rings. The Morgan fingerprint density at radius 2 is 0.857 bits per heavy atom. The van der Waals surface area contributed by atoms with E-state index < -0.39 is 0 Å². The van der Waals surface area contributed by atoms with Gasteiger partial charge in [0.05, 0.1) is 0 Å². The molecule has 12 rings (SSSR count). The van der Waals surface area contributed by atoms with Crippen LogP contribution in [0.2, 0.25) is 0 Å². The zero-order valence-electron chi connectivity index (χ0n) is 31.2. The largest absolute Gasteiger partial charge is 0.456 e. The lowest BCUT2D eigenvalue weighted by Gasteiger charge is -2.23. The predicted octanol–water partition coefficient (Wildman–Crippen LogP) is 15.5. The maximum atomic E-state index is 6.62. The molecule has 0 spiro atoms. The van der Waals surface area contributed by atoms with Crippen LogP contribution in [0, 0.1) is 0 Å². The Labute approximate surface area is 325 Å². The highest BCUT2D eigenvalue weighted by Gasteiger charge is 2.35. The molecule has 1 aromatic heterocycles. The molecule has 1 aliphatic rings. The summed E-state index contributed by atoms with van der Waals surface area (Å²) in [5, 5.41) is 12.3. The Hall–Kier alpha value is -6.96. The van der Waals surface area contributed by atoms with E-state index in [4.69, 9.17) is 4.42 Å². The summed E-state index contributed by atoms with van der Waals surface area (Å²) in [5.41, 5.74) is 14.7. The second kappa shape index (κ2) is 11.5. The molecule has 1 nitrogen and oxygen atoms in total. The van der Waals surface area contributed by atoms with Gasteiger partial charge in [0, 0.05) is 16.2 Å². The number of hydrogen-bond donors (Lipinski definition) is 0. The zero-order valence-corrected chi connectivity index (χ0v) is 31.2. The highest BCUT2D eigenvalue weighted by Crippen LogP contribution is 2.51. The number of furan rings is 1. The summed E-state index contributed by atoms with van der Waals surface area (Å²) in [6.07, 6.45) is 0. The van der Waals surface area contributed by atoms with Gasteiger partial charge in [-0.15, -0.1) is 0 Å². The monoisotopic (exact) mass is 712 g/mol. The van der Waals surface area contributed by atoms with Gasteiger partial charge in [0.2, 0.25) is 0 Å². The molecular weight excluding hydrogens is 677 g/mol. The Kier molecular flexibility index (Phi) is 6.46. The number of hydrogen-bond acceptors (Lipinski definition) is 1. The molecule has 262 valence electrons. The Morgan fingerprint density at radius 3 is 1.57 bits per heavy atom. The van der Waals surface area contributed by atoms with E-state index in [-0.39, 0.29) is 5.41 Å². The molecule has 10 aromatic carbocycles. The fourth-order valence-electron chi connectivity index (χ4n) is 10.1. The van der Waals surface area contributed by atoms with Crippen LogP contribution in [0.25, 0.3) is 110 Å². The van der Waals surface area contributed by atoms with E-state index in [0.29, 0.717) is 0 Å². The molecule has 1 heterocycles. The zero-order chi connectivity index (χ0) is 37.1. The second-order valence-electron chi connectivity index (χ2n) is 16.0. The molecule has 1 aliphatic carbocycles. The standard InChI is InChI=1S/C55H36O/c1-55(2)47-22-12-11-16-39(47)40-29-27-36(31-48(40)55)52-44-20-9-7-18-42(44)51(43-19-8-10-21-45(43)52)35-25-23-34(24-26-35)46-32-50-54(41-17-6-5-15-38(41)46)53-37-14-4-3-13-33(37)28-30-49(53)56-50/h3-32H,1-2H3. The van der Waals surface area contributed by atoms with E-state index in [2.05, 4.69) is 196 Å². The van der Waals surface area contributed by atoms with Crippen molar-refractivity contribution in [1.29, 1.82) is 0 Å². The third-order valence-corrected chi connectivity index (χ3v) is 12.7. The normalized spacial score (nSPS) is 13.3. The summed E-state index contributed by atoms with van der Waals surface area (Å²) in [6.45, 7) is 4.73. The van der Waals surface area contributed by atoms with Gasteiger partial charge in [-0.25, -0.2) is 0 Å². The van der Waals surface area contributed by atoms with E-state index in [9.17, 15) is 0 Å². The molecular formula is C55H36O. The fraction of sp³-hybridized carbons (Fsp3) is 0.0545. The van der Waals surface area contributed by atoms with Crippen molar-refractivity contribution in [3.63, 3.8) is 0 Å². The van der Waals surface area contributed by atoms with Crippen molar-refractivity contribution in [3.05, 3.63) is 193 Å². The third kappa shape index (κ3) is 4.31. The lowest BCUT2D eigenvalue weighted by Crippen LogP contribution is -2.14. The van der Waals surface area contributed by atoms with Crippen molar-refractivity contribution in [2.75, 3.05) is 0 Å². The van der Waals surface area contributed by atoms with E-state index in [1.807, 2.05) is 0 Å². The van der Waals surface area contributed by atoms with Gasteiger partial charge in [-0.3, -0.25) is 0 Å². The average Bonchev–Trinajstić information content (AvgIpc) is 3.75. The highest BCUT2D eigenvalue weighted by molar-refractivity contribution is 6.28. The van der Waals surface area contributed by atoms with Crippen LogP contribution in [0.4, 0.5) is 0 Å². The summed E-state index contributed by atoms with van der Waals surface area (Å²) >= 11 is 0. The van der Waals surface area contributed by atoms with E-state index in [1.54, 1.807) is 0 Å². The van der Waals surface area contributed by atoms with Crippen molar-refractivity contribution in [2.24, 2.45) is 0 Å². The van der Waals surface area contributed by atoms with Crippen molar-refractivity contribution in [2.45, 2.75) is 19.3 Å². The molecule has 0 radical (unpaired) electrons. The quantitative estimate of drug-likeness (QED) is 0.166. The molecule has 11 aromatic rings. The van der Waals surface area contributed by atoms with E-state index >= 15 is 0 Å². The van der Waals surface area contributed by atoms with Gasteiger partial charge in [-0.05, 0) is 117 Å². The molecule has 0 unspecified atom stereocenters. The minimum Gasteiger partial charge on any atom is -0.456 e. The topological polar surface area (TPSA) is 13.1 Å². The smallest absolute Gasteiger partial charge is 0.136 e. The number of benzene rings is 10. The van der Waals surface area contributed by atoms with Crippen LogP contribution < -0.4 is 0 Å². The molecule has 0 bridgehead atoms. The molecule has 0 aliphatic heterocycles. The average molecular weight is 713 g/mol.